The third-order valence-electron chi connectivity index (χ3n) is 3.64. The van der Waals surface area contributed by atoms with E-state index in [0.717, 1.165) is 42.1 Å². The van der Waals surface area contributed by atoms with Crippen molar-refractivity contribution in [3.8, 4) is 0 Å². The lowest BCUT2D eigenvalue weighted by molar-refractivity contribution is 0.316. The molecule has 3 N–H and O–H groups in total. The standard InChI is InChI=1S/C16H22ClN3.H2O4S/c1-4-20(5-2)9-8-18-16-12(3)11-19-15-10-13(17)6-7-14(15)16;1-5(2,3)4/h6-7,10-11H,4-5,8-9H2,1-3H3,(H,18,19);(H2,1,2,3,4). The zero-order valence-corrected chi connectivity index (χ0v) is 16.1. The van der Waals surface area contributed by atoms with Crippen LogP contribution >= 0.6 is 11.6 Å². The Balaban J connectivity index is 0.000000550. The highest BCUT2D eigenvalue weighted by molar-refractivity contribution is 7.79. The van der Waals surface area contributed by atoms with Crippen molar-refractivity contribution in [1.29, 1.82) is 0 Å². The number of anilines is 1. The molecule has 1 heterocycles. The van der Waals surface area contributed by atoms with Crippen LogP contribution in [-0.4, -0.2) is 53.6 Å². The summed E-state index contributed by atoms with van der Waals surface area (Å²) in [4.78, 5) is 6.85. The highest BCUT2D eigenvalue weighted by Gasteiger charge is 2.07. The molecule has 0 bridgehead atoms. The van der Waals surface area contributed by atoms with Crippen LogP contribution in [0.4, 0.5) is 5.69 Å². The second kappa shape index (κ2) is 9.88. The second-order valence-electron chi connectivity index (χ2n) is 5.38. The Bertz CT molecular complexity index is 787. The fourth-order valence-corrected chi connectivity index (χ4v) is 2.55. The van der Waals surface area contributed by atoms with Gasteiger partial charge in [0.05, 0.1) is 5.52 Å². The molecule has 25 heavy (non-hydrogen) atoms. The molecule has 140 valence electrons. The summed E-state index contributed by atoms with van der Waals surface area (Å²) >= 11 is 6.03. The van der Waals surface area contributed by atoms with E-state index in [1.54, 1.807) is 0 Å². The molecule has 2 rings (SSSR count). The molecule has 0 atom stereocenters. The van der Waals surface area contributed by atoms with Crippen molar-refractivity contribution in [3.05, 3.63) is 35.0 Å². The van der Waals surface area contributed by atoms with Crippen LogP contribution in [-0.2, 0) is 10.4 Å². The summed E-state index contributed by atoms with van der Waals surface area (Å²) in [6.45, 7) is 10.6. The van der Waals surface area contributed by atoms with Crippen molar-refractivity contribution < 1.29 is 17.5 Å². The van der Waals surface area contributed by atoms with Gasteiger partial charge in [-0.15, -0.1) is 0 Å². The lowest BCUT2D eigenvalue weighted by atomic mass is 10.1. The quantitative estimate of drug-likeness (QED) is 0.651. The number of nitrogens with zero attached hydrogens (tertiary/aromatic N) is 2. The molecule has 1 aromatic heterocycles. The predicted octanol–water partition coefficient (Wildman–Crippen LogP) is 3.30. The Morgan fingerprint density at radius 2 is 1.84 bits per heavy atom. The van der Waals surface area contributed by atoms with Crippen LogP contribution in [0.15, 0.2) is 24.4 Å². The van der Waals surface area contributed by atoms with Gasteiger partial charge in [-0.1, -0.05) is 25.4 Å². The minimum absolute atomic E-state index is 0.725. The molecule has 0 spiro atoms. The first-order valence-corrected chi connectivity index (χ1v) is 9.64. The maximum absolute atomic E-state index is 8.74. The molecule has 0 unspecified atom stereocenters. The van der Waals surface area contributed by atoms with Gasteiger partial charge in [0.1, 0.15) is 0 Å². The predicted molar refractivity (Wildman–Crippen MR) is 102 cm³/mol. The van der Waals surface area contributed by atoms with Gasteiger partial charge >= 0.3 is 10.4 Å². The molecule has 0 aliphatic heterocycles. The number of fused-ring (bicyclic) bond motifs is 1. The molecular formula is C16H24ClN3O4S. The number of nitrogens with one attached hydrogen (secondary N) is 1. The zero-order chi connectivity index (χ0) is 19.0. The van der Waals surface area contributed by atoms with Gasteiger partial charge < -0.3 is 10.2 Å². The van der Waals surface area contributed by atoms with Gasteiger partial charge in [0.2, 0.25) is 0 Å². The molecule has 0 fully saturated rings. The van der Waals surface area contributed by atoms with Crippen molar-refractivity contribution in [2.75, 3.05) is 31.5 Å². The fourth-order valence-electron chi connectivity index (χ4n) is 2.38. The number of aryl methyl sites for hydroxylation is 1. The Labute approximate surface area is 153 Å². The van der Waals surface area contributed by atoms with E-state index in [-0.39, 0.29) is 0 Å². The van der Waals surface area contributed by atoms with E-state index in [0.29, 0.717) is 0 Å². The van der Waals surface area contributed by atoms with Crippen LogP contribution < -0.4 is 5.32 Å². The summed E-state index contributed by atoms with van der Waals surface area (Å²) in [7, 11) is -4.67. The van der Waals surface area contributed by atoms with Crippen molar-refractivity contribution in [2.24, 2.45) is 0 Å². The van der Waals surface area contributed by atoms with Gasteiger partial charge in [0.25, 0.3) is 0 Å². The van der Waals surface area contributed by atoms with Gasteiger partial charge in [-0.05, 0) is 43.8 Å². The van der Waals surface area contributed by atoms with Crippen LogP contribution in [0.1, 0.15) is 19.4 Å². The smallest absolute Gasteiger partial charge is 0.383 e. The van der Waals surface area contributed by atoms with Crippen molar-refractivity contribution in [1.82, 2.24) is 9.88 Å². The molecule has 0 amide bonds. The first-order valence-electron chi connectivity index (χ1n) is 7.86. The SMILES string of the molecule is CCN(CC)CCNc1c(C)cnc2cc(Cl)ccc12.O=S(=O)(O)O. The third kappa shape index (κ3) is 7.98. The number of aromatic nitrogens is 1. The molecule has 9 heteroatoms. The zero-order valence-electron chi connectivity index (χ0n) is 14.5. The monoisotopic (exact) mass is 389 g/mol. The van der Waals surface area contributed by atoms with Crippen LogP contribution in [0, 0.1) is 6.92 Å². The number of benzene rings is 1. The van der Waals surface area contributed by atoms with Gasteiger partial charge in [0, 0.05) is 35.4 Å². The van der Waals surface area contributed by atoms with E-state index >= 15 is 0 Å². The maximum atomic E-state index is 8.74. The summed E-state index contributed by atoms with van der Waals surface area (Å²) in [5, 5.41) is 5.41. The topological polar surface area (TPSA) is 103 Å². The number of likely N-dealkylation sites (N-methyl/N-ethyl adjacent to an activating group) is 1. The minimum atomic E-state index is -4.67. The number of pyridine rings is 1. The van der Waals surface area contributed by atoms with E-state index in [9.17, 15) is 0 Å². The molecule has 0 saturated heterocycles. The molecular weight excluding hydrogens is 366 g/mol. The van der Waals surface area contributed by atoms with Crippen LogP contribution in [0.3, 0.4) is 0 Å². The summed E-state index contributed by atoms with van der Waals surface area (Å²) in [6.07, 6.45) is 1.90. The normalized spacial score (nSPS) is 11.3. The molecule has 0 aliphatic carbocycles. The van der Waals surface area contributed by atoms with E-state index < -0.39 is 10.4 Å². The second-order valence-corrected chi connectivity index (χ2v) is 6.71. The highest BCUT2D eigenvalue weighted by Crippen LogP contribution is 2.27. The maximum Gasteiger partial charge on any atom is 0.394 e. The van der Waals surface area contributed by atoms with Gasteiger partial charge in [0.15, 0.2) is 0 Å². The first kappa shape index (κ1) is 21.6. The third-order valence-corrected chi connectivity index (χ3v) is 3.88. The fraction of sp³-hybridized carbons (Fsp3) is 0.438. The van der Waals surface area contributed by atoms with Crippen LogP contribution in [0.2, 0.25) is 5.02 Å². The average Bonchev–Trinajstić information content (AvgIpc) is 2.52. The number of hydrogen-bond donors (Lipinski definition) is 3. The average molecular weight is 390 g/mol. The largest absolute Gasteiger partial charge is 0.394 e. The van der Waals surface area contributed by atoms with E-state index in [2.05, 4.69) is 36.0 Å². The summed E-state index contributed by atoms with van der Waals surface area (Å²) in [6, 6.07) is 5.86. The van der Waals surface area contributed by atoms with E-state index in [1.165, 1.54) is 11.3 Å². The molecule has 0 radical (unpaired) electrons. The number of rotatable bonds is 6. The van der Waals surface area contributed by atoms with Gasteiger partial charge in [-0.25, -0.2) is 0 Å². The van der Waals surface area contributed by atoms with Gasteiger partial charge in [-0.2, -0.15) is 8.42 Å². The first-order chi connectivity index (χ1) is 11.7. The lowest BCUT2D eigenvalue weighted by Crippen LogP contribution is -2.28. The van der Waals surface area contributed by atoms with Crippen molar-refractivity contribution in [2.45, 2.75) is 20.8 Å². The molecule has 1 aromatic carbocycles. The number of halogens is 1. The highest BCUT2D eigenvalue weighted by atomic mass is 35.5. The Morgan fingerprint density at radius 1 is 1.24 bits per heavy atom. The van der Waals surface area contributed by atoms with E-state index in [4.69, 9.17) is 29.1 Å². The Hall–Kier alpha value is -1.45. The molecule has 0 aliphatic rings. The minimum Gasteiger partial charge on any atom is -0.383 e. The Kier molecular flexibility index (Phi) is 8.54. The van der Waals surface area contributed by atoms with Crippen molar-refractivity contribution in [3.63, 3.8) is 0 Å². The summed E-state index contributed by atoms with van der Waals surface area (Å²) < 4.78 is 31.6. The lowest BCUT2D eigenvalue weighted by Gasteiger charge is -2.19. The molecule has 2 aromatic rings. The van der Waals surface area contributed by atoms with Crippen molar-refractivity contribution >= 4 is 38.6 Å². The summed E-state index contributed by atoms with van der Waals surface area (Å²) in [5.74, 6) is 0. The summed E-state index contributed by atoms with van der Waals surface area (Å²) in [5.41, 5.74) is 3.27. The molecule has 7 nitrogen and oxygen atoms in total. The van der Waals surface area contributed by atoms with E-state index in [1.807, 2.05) is 24.4 Å². The number of hydrogen-bond acceptors (Lipinski definition) is 5. The Morgan fingerprint density at radius 3 is 2.40 bits per heavy atom. The van der Waals surface area contributed by atoms with Gasteiger partial charge in [-0.3, -0.25) is 14.1 Å². The molecule has 0 saturated carbocycles. The van der Waals surface area contributed by atoms with Crippen LogP contribution in [0.5, 0.6) is 0 Å². The van der Waals surface area contributed by atoms with Crippen LogP contribution in [0.25, 0.3) is 10.9 Å².